The predicted octanol–water partition coefficient (Wildman–Crippen LogP) is 2.10. The summed E-state index contributed by atoms with van der Waals surface area (Å²) >= 11 is 0. The normalized spacial score (nSPS) is 15.6. The molecule has 2 aromatic carbocycles. The van der Waals surface area contributed by atoms with Gasteiger partial charge < -0.3 is 4.90 Å². The molecule has 0 aromatic heterocycles. The Kier molecular flexibility index (Phi) is 5.69. The largest absolute Gasteiger partial charge is 0.337 e. The van der Waals surface area contributed by atoms with Crippen LogP contribution in [0.3, 0.4) is 0 Å². The summed E-state index contributed by atoms with van der Waals surface area (Å²) in [6, 6.07) is 17.3. The van der Waals surface area contributed by atoms with Crippen molar-refractivity contribution in [3.8, 4) is 6.07 Å². The zero-order valence-electron chi connectivity index (χ0n) is 14.7. The first-order valence-electron chi connectivity index (χ1n) is 8.53. The molecule has 0 radical (unpaired) electrons. The summed E-state index contributed by atoms with van der Waals surface area (Å²) in [5.41, 5.74) is 1.39. The lowest BCUT2D eigenvalue weighted by molar-refractivity contribution is -0.127. The summed E-state index contributed by atoms with van der Waals surface area (Å²) in [6.45, 7) is 1.24. The lowest BCUT2D eigenvalue weighted by Crippen LogP contribution is -2.50. The fraction of sp³-hybridized carbons (Fsp3) is 0.200. The van der Waals surface area contributed by atoms with E-state index in [4.69, 9.17) is 5.26 Å². The van der Waals surface area contributed by atoms with Gasteiger partial charge in [-0.2, -0.15) is 9.57 Å². The molecule has 27 heavy (non-hydrogen) atoms. The fourth-order valence-corrected chi connectivity index (χ4v) is 4.28. The molecule has 1 heterocycles. The molecule has 0 aliphatic carbocycles. The van der Waals surface area contributed by atoms with Crippen LogP contribution < -0.4 is 0 Å². The van der Waals surface area contributed by atoms with Crippen molar-refractivity contribution in [2.75, 3.05) is 26.2 Å². The highest BCUT2D eigenvalue weighted by Crippen LogP contribution is 2.17. The summed E-state index contributed by atoms with van der Waals surface area (Å²) in [4.78, 5) is 14.2. The van der Waals surface area contributed by atoms with E-state index < -0.39 is 10.0 Å². The minimum atomic E-state index is -3.52. The zero-order valence-corrected chi connectivity index (χ0v) is 15.5. The van der Waals surface area contributed by atoms with Crippen LogP contribution in [0.2, 0.25) is 0 Å². The third kappa shape index (κ3) is 4.42. The third-order valence-electron chi connectivity index (χ3n) is 4.39. The average molecular weight is 381 g/mol. The number of hydrogen-bond acceptors (Lipinski definition) is 4. The lowest BCUT2D eigenvalue weighted by Gasteiger charge is -2.33. The van der Waals surface area contributed by atoms with E-state index in [9.17, 15) is 13.2 Å². The predicted molar refractivity (Wildman–Crippen MR) is 102 cm³/mol. The minimum Gasteiger partial charge on any atom is -0.337 e. The molecule has 0 atom stereocenters. The fourth-order valence-electron chi connectivity index (χ4n) is 2.83. The van der Waals surface area contributed by atoms with Crippen LogP contribution in [-0.2, 0) is 14.8 Å². The van der Waals surface area contributed by atoms with Gasteiger partial charge in [0.1, 0.15) is 0 Å². The summed E-state index contributed by atoms with van der Waals surface area (Å²) < 4.78 is 26.6. The van der Waals surface area contributed by atoms with E-state index >= 15 is 0 Å². The van der Waals surface area contributed by atoms with Crippen molar-refractivity contribution in [2.45, 2.75) is 4.90 Å². The molecule has 7 heteroatoms. The first-order chi connectivity index (χ1) is 13.0. The second-order valence-electron chi connectivity index (χ2n) is 6.11. The first kappa shape index (κ1) is 18.8. The summed E-state index contributed by atoms with van der Waals surface area (Å²) in [7, 11) is -3.52. The number of hydrogen-bond donors (Lipinski definition) is 0. The number of piperazine rings is 1. The Labute approximate surface area is 159 Å². The average Bonchev–Trinajstić information content (AvgIpc) is 2.73. The van der Waals surface area contributed by atoms with E-state index in [1.807, 2.05) is 6.07 Å². The van der Waals surface area contributed by atoms with Crippen LogP contribution in [0.1, 0.15) is 11.1 Å². The highest BCUT2D eigenvalue weighted by Gasteiger charge is 2.29. The van der Waals surface area contributed by atoms with Gasteiger partial charge in [0.05, 0.1) is 16.5 Å². The van der Waals surface area contributed by atoms with Gasteiger partial charge in [0.2, 0.25) is 15.9 Å². The number of nitriles is 1. The van der Waals surface area contributed by atoms with Crippen LogP contribution in [-0.4, -0.2) is 49.7 Å². The zero-order chi connectivity index (χ0) is 19.3. The van der Waals surface area contributed by atoms with Crippen LogP contribution in [0.5, 0.6) is 0 Å². The number of carbonyl (C=O) groups is 1. The molecule has 0 bridgehead atoms. The van der Waals surface area contributed by atoms with Gasteiger partial charge in [-0.3, -0.25) is 4.79 Å². The Balaban J connectivity index is 1.59. The van der Waals surface area contributed by atoms with Gasteiger partial charge in [0.15, 0.2) is 0 Å². The van der Waals surface area contributed by atoms with Crippen molar-refractivity contribution in [1.29, 1.82) is 5.26 Å². The topological polar surface area (TPSA) is 81.5 Å². The van der Waals surface area contributed by atoms with Crippen LogP contribution >= 0.6 is 0 Å². The molecule has 6 nitrogen and oxygen atoms in total. The van der Waals surface area contributed by atoms with E-state index in [2.05, 4.69) is 0 Å². The molecular weight excluding hydrogens is 362 g/mol. The summed E-state index contributed by atoms with van der Waals surface area (Å²) in [5.74, 6) is -0.156. The highest BCUT2D eigenvalue weighted by molar-refractivity contribution is 7.89. The smallest absolute Gasteiger partial charge is 0.246 e. The summed E-state index contributed by atoms with van der Waals surface area (Å²) in [6.07, 6.45) is 3.17. The molecule has 3 rings (SSSR count). The Hall–Kier alpha value is -2.95. The second-order valence-corrected chi connectivity index (χ2v) is 8.05. The Bertz CT molecular complexity index is 969. The lowest BCUT2D eigenvalue weighted by atomic mass is 10.1. The van der Waals surface area contributed by atoms with Crippen molar-refractivity contribution in [3.05, 3.63) is 71.8 Å². The van der Waals surface area contributed by atoms with Crippen molar-refractivity contribution in [3.63, 3.8) is 0 Å². The highest BCUT2D eigenvalue weighted by atomic mass is 32.2. The van der Waals surface area contributed by atoms with Gasteiger partial charge in [0.25, 0.3) is 0 Å². The second kappa shape index (κ2) is 8.16. The van der Waals surface area contributed by atoms with E-state index in [-0.39, 0.29) is 23.9 Å². The number of rotatable bonds is 4. The molecule has 1 fully saturated rings. The summed E-state index contributed by atoms with van der Waals surface area (Å²) in [5, 5.41) is 8.79. The third-order valence-corrected chi connectivity index (χ3v) is 6.30. The minimum absolute atomic E-state index is 0.156. The van der Waals surface area contributed by atoms with Crippen molar-refractivity contribution >= 4 is 22.0 Å². The molecule has 138 valence electrons. The van der Waals surface area contributed by atoms with Gasteiger partial charge in [-0.25, -0.2) is 8.42 Å². The quantitative estimate of drug-likeness (QED) is 0.760. The molecule has 0 spiro atoms. The molecule has 1 aliphatic rings. The van der Waals surface area contributed by atoms with Crippen molar-refractivity contribution in [1.82, 2.24) is 9.21 Å². The van der Waals surface area contributed by atoms with E-state index in [1.54, 1.807) is 65.6 Å². The number of benzene rings is 2. The molecule has 1 saturated heterocycles. The van der Waals surface area contributed by atoms with Gasteiger partial charge >= 0.3 is 0 Å². The SMILES string of the molecule is N#Cc1ccc(/C=C/C(=O)N2CCN(S(=O)(=O)c3ccccc3)CC2)cc1. The Morgan fingerprint density at radius 3 is 2.19 bits per heavy atom. The molecule has 0 N–H and O–H groups in total. The van der Waals surface area contributed by atoms with Gasteiger partial charge in [-0.15, -0.1) is 0 Å². The molecule has 0 saturated carbocycles. The number of sulfonamides is 1. The first-order valence-corrected chi connectivity index (χ1v) is 9.97. The maximum atomic E-state index is 12.6. The van der Waals surface area contributed by atoms with Gasteiger partial charge in [-0.05, 0) is 35.9 Å². The number of nitrogens with zero attached hydrogens (tertiary/aromatic N) is 3. The van der Waals surface area contributed by atoms with E-state index in [0.717, 1.165) is 5.56 Å². The number of carbonyl (C=O) groups excluding carboxylic acids is 1. The van der Waals surface area contributed by atoms with Crippen LogP contribution in [0, 0.1) is 11.3 Å². The van der Waals surface area contributed by atoms with Gasteiger partial charge in [-0.1, -0.05) is 30.3 Å². The number of amides is 1. The molecule has 1 aliphatic heterocycles. The maximum absolute atomic E-state index is 12.6. The molecule has 0 unspecified atom stereocenters. The van der Waals surface area contributed by atoms with E-state index in [0.29, 0.717) is 18.7 Å². The molecule has 1 amide bonds. The van der Waals surface area contributed by atoms with Crippen LogP contribution in [0.25, 0.3) is 6.08 Å². The maximum Gasteiger partial charge on any atom is 0.246 e. The van der Waals surface area contributed by atoms with Gasteiger partial charge in [0, 0.05) is 32.3 Å². The van der Waals surface area contributed by atoms with Crippen molar-refractivity contribution < 1.29 is 13.2 Å². The molecule has 2 aromatic rings. The molecular formula is C20H19N3O3S. The van der Waals surface area contributed by atoms with Crippen molar-refractivity contribution in [2.24, 2.45) is 0 Å². The standard InChI is InChI=1S/C20H19N3O3S/c21-16-18-8-6-17(7-9-18)10-11-20(24)22-12-14-23(15-13-22)27(25,26)19-4-2-1-3-5-19/h1-11H,12-15H2/b11-10+. The monoisotopic (exact) mass is 381 g/mol. The van der Waals surface area contributed by atoms with E-state index in [1.165, 1.54) is 10.4 Å². The Morgan fingerprint density at radius 1 is 0.963 bits per heavy atom. The Morgan fingerprint density at radius 2 is 1.59 bits per heavy atom. The van der Waals surface area contributed by atoms with Crippen LogP contribution in [0.4, 0.5) is 0 Å². The van der Waals surface area contributed by atoms with Crippen LogP contribution in [0.15, 0.2) is 65.6 Å².